The Kier molecular flexibility index (Phi) is 17.3. The molecule has 0 atom stereocenters. The summed E-state index contributed by atoms with van der Waals surface area (Å²) in [4.78, 5) is 10.9. The molecular weight excluding hydrogens is 314 g/mol. The van der Waals surface area contributed by atoms with Gasteiger partial charge in [0.05, 0.1) is 0 Å². The topological polar surface area (TPSA) is 26.3 Å². The van der Waals surface area contributed by atoms with Gasteiger partial charge in [-0.15, -0.1) is 0 Å². The molecular formula is C18H31O2Zn. The van der Waals surface area contributed by atoms with Crippen molar-refractivity contribution >= 4 is 5.97 Å². The molecule has 0 spiro atoms. The van der Waals surface area contributed by atoms with Gasteiger partial charge in [0.2, 0.25) is 0 Å². The Labute approximate surface area is 141 Å². The van der Waals surface area contributed by atoms with Crippen LogP contribution in [-0.4, -0.2) is 5.97 Å². The van der Waals surface area contributed by atoms with Crippen LogP contribution in [0.2, 0.25) is 0 Å². The van der Waals surface area contributed by atoms with Gasteiger partial charge in [0.25, 0.3) is 0 Å². The molecule has 0 saturated carbocycles. The fourth-order valence-corrected chi connectivity index (χ4v) is 2.46. The molecule has 0 bridgehead atoms. The first-order valence-electron chi connectivity index (χ1n) is 8.56. The normalized spacial score (nSPS) is 11.6. The molecule has 0 aliphatic rings. The Balaban J connectivity index is 3.20. The van der Waals surface area contributed by atoms with Crippen LogP contribution < -0.4 is 0 Å². The summed E-state index contributed by atoms with van der Waals surface area (Å²) >= 11 is 0.624. The standard InChI is InChI=1S/C18H32O2.Zn/c1-2-3-4-5-6-7-8-9-10-11-12-13-14-15-16-17-18(19)20;/h6-7,9-10H,2-5,8,11-17H2,1H3,(H,19,20);/q;+1/p-1/b7-6-,10-9-;. The zero-order valence-corrected chi connectivity index (χ0v) is 16.8. The molecule has 0 fully saturated rings. The summed E-state index contributed by atoms with van der Waals surface area (Å²) < 4.78 is 4.74. The molecule has 0 aromatic rings. The van der Waals surface area contributed by atoms with E-state index < -0.39 is 0 Å². The first kappa shape index (κ1) is 20.6. The van der Waals surface area contributed by atoms with Crippen LogP contribution in [0.1, 0.15) is 84.0 Å². The van der Waals surface area contributed by atoms with Crippen molar-refractivity contribution in [3.63, 3.8) is 0 Å². The predicted octanol–water partition coefficient (Wildman–Crippen LogP) is 5.80. The molecule has 0 heterocycles. The van der Waals surface area contributed by atoms with Gasteiger partial charge in [-0.25, -0.2) is 0 Å². The summed E-state index contributed by atoms with van der Waals surface area (Å²) in [6.45, 7) is 2.24. The van der Waals surface area contributed by atoms with Gasteiger partial charge in [0.1, 0.15) is 0 Å². The van der Waals surface area contributed by atoms with Gasteiger partial charge >= 0.3 is 96.5 Å². The zero-order valence-electron chi connectivity index (χ0n) is 13.8. The Bertz CT molecular complexity index is 285. The molecule has 2 nitrogen and oxygen atoms in total. The minimum atomic E-state index is -0.0271. The molecule has 117 valence electrons. The summed E-state index contributed by atoms with van der Waals surface area (Å²) in [6.07, 6.45) is 23.1. The van der Waals surface area contributed by atoms with E-state index >= 15 is 0 Å². The molecule has 0 unspecified atom stereocenters. The van der Waals surface area contributed by atoms with E-state index in [4.69, 9.17) is 3.56 Å². The Hall–Kier alpha value is -0.427. The molecule has 0 radical (unpaired) electrons. The van der Waals surface area contributed by atoms with E-state index in [1.54, 1.807) is 0 Å². The summed E-state index contributed by atoms with van der Waals surface area (Å²) in [7, 11) is 0. The number of allylic oxidation sites excluding steroid dienone is 4. The summed E-state index contributed by atoms with van der Waals surface area (Å²) in [5.74, 6) is -0.0271. The van der Waals surface area contributed by atoms with Gasteiger partial charge in [-0.05, 0) is 12.8 Å². The van der Waals surface area contributed by atoms with E-state index in [0.717, 1.165) is 19.3 Å². The minimum absolute atomic E-state index is 0.0271. The number of rotatable bonds is 14. The van der Waals surface area contributed by atoms with Crippen molar-refractivity contribution in [2.45, 2.75) is 84.0 Å². The van der Waals surface area contributed by atoms with Crippen molar-refractivity contribution in [2.75, 3.05) is 0 Å². The number of unbranched alkanes of at least 4 members (excludes halogenated alkanes) is 8. The van der Waals surface area contributed by atoms with E-state index in [-0.39, 0.29) is 5.97 Å². The quantitative estimate of drug-likeness (QED) is 0.226. The average Bonchev–Trinajstić information content (AvgIpc) is 2.50. The molecule has 3 heteroatoms. The van der Waals surface area contributed by atoms with Crippen LogP contribution in [0.5, 0.6) is 0 Å². The molecule has 0 N–H and O–H groups in total. The molecule has 21 heavy (non-hydrogen) atoms. The number of hydrogen-bond donors (Lipinski definition) is 0. The van der Waals surface area contributed by atoms with Crippen LogP contribution in [-0.2, 0) is 27.0 Å². The second-order valence-electron chi connectivity index (χ2n) is 5.50. The predicted molar refractivity (Wildman–Crippen MR) is 85.5 cm³/mol. The Morgan fingerprint density at radius 3 is 2.05 bits per heavy atom. The van der Waals surface area contributed by atoms with Gasteiger partial charge in [-0.3, -0.25) is 0 Å². The van der Waals surface area contributed by atoms with Crippen LogP contribution >= 0.6 is 0 Å². The van der Waals surface area contributed by atoms with E-state index in [2.05, 4.69) is 31.2 Å². The molecule has 0 aliphatic heterocycles. The van der Waals surface area contributed by atoms with Crippen LogP contribution in [0.25, 0.3) is 0 Å². The van der Waals surface area contributed by atoms with Gasteiger partial charge in [-0.2, -0.15) is 0 Å². The number of carbonyl (C=O) groups excluding carboxylic acids is 1. The second kappa shape index (κ2) is 17.6. The fourth-order valence-electron chi connectivity index (χ4n) is 2.15. The molecule has 0 saturated heterocycles. The summed E-state index contributed by atoms with van der Waals surface area (Å²) in [6, 6.07) is 0. The van der Waals surface area contributed by atoms with Crippen molar-refractivity contribution in [3.05, 3.63) is 24.3 Å². The van der Waals surface area contributed by atoms with E-state index in [1.807, 2.05) is 0 Å². The maximum atomic E-state index is 10.9. The second-order valence-corrected chi connectivity index (χ2v) is 6.10. The van der Waals surface area contributed by atoms with Crippen LogP contribution in [0, 0.1) is 0 Å². The van der Waals surface area contributed by atoms with Crippen LogP contribution in [0.15, 0.2) is 24.3 Å². The Morgan fingerprint density at radius 2 is 1.43 bits per heavy atom. The van der Waals surface area contributed by atoms with Crippen molar-refractivity contribution in [2.24, 2.45) is 0 Å². The van der Waals surface area contributed by atoms with Gasteiger partial charge in [0.15, 0.2) is 0 Å². The van der Waals surface area contributed by atoms with Crippen molar-refractivity contribution < 1.29 is 27.0 Å². The van der Waals surface area contributed by atoms with Gasteiger partial charge in [-0.1, -0.05) is 31.9 Å². The summed E-state index contributed by atoms with van der Waals surface area (Å²) in [5, 5.41) is 0. The number of carbonyl (C=O) groups is 1. The van der Waals surface area contributed by atoms with Crippen molar-refractivity contribution in [1.29, 1.82) is 0 Å². The SMILES string of the molecule is CCCCC/C=C\C/C=C\CCCCCCCC(=O)[O][Zn]. The van der Waals surface area contributed by atoms with Crippen LogP contribution in [0.4, 0.5) is 0 Å². The average molecular weight is 345 g/mol. The monoisotopic (exact) mass is 343 g/mol. The van der Waals surface area contributed by atoms with Crippen molar-refractivity contribution in [3.8, 4) is 0 Å². The maximum absolute atomic E-state index is 10.9. The van der Waals surface area contributed by atoms with Crippen LogP contribution in [0.3, 0.4) is 0 Å². The van der Waals surface area contributed by atoms with E-state index in [9.17, 15) is 4.79 Å². The van der Waals surface area contributed by atoms with E-state index in [0.29, 0.717) is 25.1 Å². The third-order valence-corrected chi connectivity index (χ3v) is 4.17. The molecule has 0 aromatic heterocycles. The zero-order chi connectivity index (χ0) is 15.6. The Morgan fingerprint density at radius 1 is 0.857 bits per heavy atom. The molecule has 0 aliphatic carbocycles. The third kappa shape index (κ3) is 17.5. The van der Waals surface area contributed by atoms with Crippen molar-refractivity contribution in [1.82, 2.24) is 0 Å². The summed E-state index contributed by atoms with van der Waals surface area (Å²) in [5.41, 5.74) is 0. The third-order valence-electron chi connectivity index (χ3n) is 3.49. The van der Waals surface area contributed by atoms with E-state index in [1.165, 1.54) is 51.4 Å². The first-order valence-corrected chi connectivity index (χ1v) is 9.77. The van der Waals surface area contributed by atoms with Gasteiger partial charge in [0, 0.05) is 0 Å². The first-order chi connectivity index (χ1) is 10.3. The fraction of sp³-hybridized carbons (Fsp3) is 0.722. The molecule has 0 amide bonds. The molecule has 0 rings (SSSR count). The molecule has 0 aromatic carbocycles. The van der Waals surface area contributed by atoms with Gasteiger partial charge < -0.3 is 0 Å². The number of hydrogen-bond acceptors (Lipinski definition) is 2.